The molecule has 4 amide bonds. The molecule has 2 heterocycles. The molecule has 1 aromatic carbocycles. The van der Waals surface area contributed by atoms with Gasteiger partial charge in [0.2, 0.25) is 11.8 Å². The Kier molecular flexibility index (Phi) is 6.84. The van der Waals surface area contributed by atoms with E-state index < -0.39 is 5.60 Å². The van der Waals surface area contributed by atoms with Crippen molar-refractivity contribution in [3.05, 3.63) is 29.8 Å². The number of ether oxygens (including phenoxy) is 1. The number of amides is 4. The summed E-state index contributed by atoms with van der Waals surface area (Å²) in [5, 5.41) is 2.72. The van der Waals surface area contributed by atoms with E-state index >= 15 is 0 Å². The standard InChI is InChI=1S/C22H32N4O4/c1-17(27)23-12-6-9-20(28)25-13-10-22(11-14-25)16-26(21(29)24(2)3)15-18-7-4-5-8-19(18)30-22/h4-5,7-8H,6,9-16H2,1-3H3,(H,23,27). The van der Waals surface area contributed by atoms with Gasteiger partial charge in [0.1, 0.15) is 11.4 Å². The van der Waals surface area contributed by atoms with Crippen LogP contribution in [0.3, 0.4) is 0 Å². The molecule has 0 aromatic heterocycles. The van der Waals surface area contributed by atoms with Crippen LogP contribution >= 0.6 is 0 Å². The fraction of sp³-hybridized carbons (Fsp3) is 0.591. The number of hydrogen-bond acceptors (Lipinski definition) is 4. The Morgan fingerprint density at radius 3 is 2.50 bits per heavy atom. The van der Waals surface area contributed by atoms with Gasteiger partial charge in [-0.25, -0.2) is 4.79 Å². The topological polar surface area (TPSA) is 82.2 Å². The molecule has 1 saturated heterocycles. The van der Waals surface area contributed by atoms with E-state index in [4.69, 9.17) is 4.74 Å². The first-order chi connectivity index (χ1) is 14.3. The first-order valence-electron chi connectivity index (χ1n) is 10.5. The van der Waals surface area contributed by atoms with Gasteiger partial charge < -0.3 is 24.8 Å². The summed E-state index contributed by atoms with van der Waals surface area (Å²) in [6.07, 6.45) is 2.41. The maximum atomic E-state index is 12.8. The Morgan fingerprint density at radius 2 is 1.83 bits per heavy atom. The lowest BCUT2D eigenvalue weighted by atomic mass is 9.90. The molecule has 3 rings (SSSR count). The number of urea groups is 1. The van der Waals surface area contributed by atoms with Crippen LogP contribution in [0.15, 0.2) is 24.3 Å². The number of carbonyl (C=O) groups excluding carboxylic acids is 3. The molecule has 0 bridgehead atoms. The molecular formula is C22H32N4O4. The van der Waals surface area contributed by atoms with Crippen molar-refractivity contribution in [3.63, 3.8) is 0 Å². The van der Waals surface area contributed by atoms with Crippen LogP contribution < -0.4 is 10.1 Å². The summed E-state index contributed by atoms with van der Waals surface area (Å²) >= 11 is 0. The predicted octanol–water partition coefficient (Wildman–Crippen LogP) is 1.84. The first-order valence-corrected chi connectivity index (χ1v) is 10.5. The van der Waals surface area contributed by atoms with E-state index in [1.54, 1.807) is 19.0 Å². The van der Waals surface area contributed by atoms with Crippen molar-refractivity contribution in [2.24, 2.45) is 0 Å². The monoisotopic (exact) mass is 416 g/mol. The normalized spacial score (nSPS) is 17.6. The largest absolute Gasteiger partial charge is 0.485 e. The fourth-order valence-corrected chi connectivity index (χ4v) is 4.11. The van der Waals surface area contributed by atoms with Gasteiger partial charge in [-0.15, -0.1) is 0 Å². The summed E-state index contributed by atoms with van der Waals surface area (Å²) in [5.74, 6) is 0.845. The zero-order chi connectivity index (χ0) is 21.7. The molecule has 0 saturated carbocycles. The number of piperidine rings is 1. The minimum Gasteiger partial charge on any atom is -0.485 e. The molecule has 1 spiro atoms. The van der Waals surface area contributed by atoms with E-state index in [9.17, 15) is 14.4 Å². The molecule has 1 fully saturated rings. The highest BCUT2D eigenvalue weighted by molar-refractivity contribution is 5.77. The van der Waals surface area contributed by atoms with Gasteiger partial charge >= 0.3 is 6.03 Å². The summed E-state index contributed by atoms with van der Waals surface area (Å²) in [4.78, 5) is 41.6. The van der Waals surface area contributed by atoms with Crippen molar-refractivity contribution in [1.29, 1.82) is 0 Å². The third-order valence-electron chi connectivity index (χ3n) is 5.76. The number of fused-ring (bicyclic) bond motifs is 1. The van der Waals surface area contributed by atoms with Gasteiger partial charge in [0, 0.05) is 65.5 Å². The van der Waals surface area contributed by atoms with Crippen molar-refractivity contribution < 1.29 is 19.1 Å². The zero-order valence-corrected chi connectivity index (χ0v) is 18.1. The van der Waals surface area contributed by atoms with Gasteiger partial charge in [0.05, 0.1) is 13.1 Å². The van der Waals surface area contributed by atoms with Crippen LogP contribution in [0.25, 0.3) is 0 Å². The Bertz CT molecular complexity index is 787. The maximum absolute atomic E-state index is 12.8. The summed E-state index contributed by atoms with van der Waals surface area (Å²) in [6, 6.07) is 7.83. The van der Waals surface area contributed by atoms with Crippen LogP contribution in [-0.4, -0.2) is 78.4 Å². The highest BCUT2D eigenvalue weighted by Gasteiger charge is 2.42. The Hall–Kier alpha value is -2.77. The van der Waals surface area contributed by atoms with Crippen molar-refractivity contribution >= 4 is 17.8 Å². The average Bonchev–Trinajstić information content (AvgIpc) is 2.87. The molecular weight excluding hydrogens is 384 g/mol. The van der Waals surface area contributed by atoms with Gasteiger partial charge in [-0.2, -0.15) is 0 Å². The van der Waals surface area contributed by atoms with Crippen molar-refractivity contribution in [2.45, 2.75) is 44.8 Å². The Balaban J connectivity index is 1.66. The minimum atomic E-state index is -0.495. The molecule has 0 unspecified atom stereocenters. The van der Waals surface area contributed by atoms with Gasteiger partial charge in [0.25, 0.3) is 0 Å². The molecule has 164 valence electrons. The SMILES string of the molecule is CC(=O)NCCCC(=O)N1CCC2(CC1)CN(C(=O)N(C)C)Cc1ccccc1O2. The van der Waals surface area contributed by atoms with Crippen LogP contribution in [0.1, 0.15) is 38.2 Å². The molecule has 1 aromatic rings. The van der Waals surface area contributed by atoms with Crippen LogP contribution in [0, 0.1) is 0 Å². The van der Waals surface area contributed by atoms with Crippen LogP contribution in [0.2, 0.25) is 0 Å². The lowest BCUT2D eigenvalue weighted by molar-refractivity contribution is -0.135. The molecule has 1 N–H and O–H groups in total. The molecule has 2 aliphatic rings. The van der Waals surface area contributed by atoms with Crippen molar-refractivity contribution in [3.8, 4) is 5.75 Å². The summed E-state index contributed by atoms with van der Waals surface area (Å²) in [7, 11) is 3.52. The van der Waals surface area contributed by atoms with Gasteiger partial charge in [-0.3, -0.25) is 9.59 Å². The molecule has 2 aliphatic heterocycles. The number of carbonyl (C=O) groups is 3. The highest BCUT2D eigenvalue weighted by atomic mass is 16.5. The van der Waals surface area contributed by atoms with Gasteiger partial charge in [-0.05, 0) is 12.5 Å². The third kappa shape index (κ3) is 5.23. The van der Waals surface area contributed by atoms with Crippen LogP contribution in [0.4, 0.5) is 4.79 Å². The first kappa shape index (κ1) is 21.9. The van der Waals surface area contributed by atoms with Crippen LogP contribution in [0.5, 0.6) is 5.75 Å². The lowest BCUT2D eigenvalue weighted by Gasteiger charge is -2.43. The number of benzene rings is 1. The molecule has 0 radical (unpaired) electrons. The lowest BCUT2D eigenvalue weighted by Crippen LogP contribution is -2.56. The quantitative estimate of drug-likeness (QED) is 0.760. The minimum absolute atomic E-state index is 0.0360. The summed E-state index contributed by atoms with van der Waals surface area (Å²) < 4.78 is 6.50. The number of hydrogen-bond donors (Lipinski definition) is 1. The highest BCUT2D eigenvalue weighted by Crippen LogP contribution is 2.36. The van der Waals surface area contributed by atoms with Crippen molar-refractivity contribution in [2.75, 3.05) is 40.3 Å². The van der Waals surface area contributed by atoms with Gasteiger partial charge in [0.15, 0.2) is 0 Å². The van der Waals surface area contributed by atoms with Crippen molar-refractivity contribution in [1.82, 2.24) is 20.0 Å². The van der Waals surface area contributed by atoms with Crippen LogP contribution in [-0.2, 0) is 16.1 Å². The molecule has 8 heteroatoms. The zero-order valence-electron chi connectivity index (χ0n) is 18.1. The number of likely N-dealkylation sites (tertiary alicyclic amines) is 1. The van der Waals surface area contributed by atoms with Gasteiger partial charge in [-0.1, -0.05) is 18.2 Å². The second-order valence-corrected chi connectivity index (χ2v) is 8.39. The Morgan fingerprint density at radius 1 is 1.13 bits per heavy atom. The van der Waals surface area contributed by atoms with E-state index in [0.717, 1.165) is 11.3 Å². The number of para-hydroxylation sites is 1. The number of nitrogens with one attached hydrogen (secondary N) is 1. The third-order valence-corrected chi connectivity index (χ3v) is 5.76. The van der Waals surface area contributed by atoms with E-state index in [2.05, 4.69) is 5.32 Å². The average molecular weight is 417 g/mol. The summed E-state index contributed by atoms with van der Waals surface area (Å²) in [5.41, 5.74) is 0.506. The molecule has 0 atom stereocenters. The second-order valence-electron chi connectivity index (χ2n) is 8.39. The number of rotatable bonds is 4. The smallest absolute Gasteiger partial charge is 0.319 e. The predicted molar refractivity (Wildman–Crippen MR) is 113 cm³/mol. The molecule has 0 aliphatic carbocycles. The Labute approximate surface area is 178 Å². The van der Waals surface area contributed by atoms with E-state index in [0.29, 0.717) is 58.4 Å². The molecule has 30 heavy (non-hydrogen) atoms. The maximum Gasteiger partial charge on any atom is 0.319 e. The summed E-state index contributed by atoms with van der Waals surface area (Å²) in [6.45, 7) is 4.21. The van der Waals surface area contributed by atoms with E-state index in [-0.39, 0.29) is 17.8 Å². The molecule has 8 nitrogen and oxygen atoms in total. The van der Waals surface area contributed by atoms with E-state index in [1.165, 1.54) is 6.92 Å². The fourth-order valence-electron chi connectivity index (χ4n) is 4.11. The number of nitrogens with zero attached hydrogens (tertiary/aromatic N) is 3. The second kappa shape index (κ2) is 9.36. The van der Waals surface area contributed by atoms with E-state index in [1.807, 2.05) is 34.1 Å².